The van der Waals surface area contributed by atoms with E-state index in [1.165, 1.54) is 0 Å². The number of hydrogen-bond acceptors (Lipinski definition) is 6. The highest BCUT2D eigenvalue weighted by atomic mass is 28.4. The van der Waals surface area contributed by atoms with Crippen LogP contribution < -0.4 is 5.32 Å². The number of hydrogen-bond donors (Lipinski definition) is 1. The van der Waals surface area contributed by atoms with Crippen LogP contribution in [0.25, 0.3) is 0 Å². The minimum atomic E-state index is -2.31. The third kappa shape index (κ3) is 10.3. The van der Waals surface area contributed by atoms with Crippen LogP contribution in [0.4, 0.5) is 0 Å². The molecule has 0 aromatic rings. The van der Waals surface area contributed by atoms with E-state index in [-0.39, 0.29) is 32.2 Å². The van der Waals surface area contributed by atoms with E-state index in [1.807, 2.05) is 0 Å². The topological polar surface area (TPSA) is 75.3 Å². The van der Waals surface area contributed by atoms with Gasteiger partial charge < -0.3 is 27.8 Å². The van der Waals surface area contributed by atoms with Gasteiger partial charge in [-0.1, -0.05) is 83.1 Å². The zero-order chi connectivity index (χ0) is 34.4. The number of amides is 1. The number of carbonyl (C=O) groups excluding carboxylic acids is 1. The molecule has 0 unspecified atom stereocenters. The maximum absolute atomic E-state index is 12.7. The minimum Gasteiger partial charge on any atom is -0.414 e. The third-order valence-corrected chi connectivity index (χ3v) is 29.0. The number of carbonyl (C=O) groups is 1. The third-order valence-electron chi connectivity index (χ3n) is 11.1. The van der Waals surface area contributed by atoms with Crippen molar-refractivity contribution >= 4 is 39.2 Å². The SMILES string of the molecule is CC(=O)N[C@H]1[C@H](O[Si](C)(C)C(C)(C)C)O[C@@H]([C@@H](CO[Si](C)(C)C(C)(C)C)O[Si](C)(C)C(C)(C)C)[C@@H]1O[Si](C)(C)C(C)(C)C. The minimum absolute atomic E-state index is 0.00924. The maximum atomic E-state index is 12.7. The second-order valence-corrected chi connectivity index (χ2v) is 38.0. The van der Waals surface area contributed by atoms with E-state index in [2.05, 4.69) is 141 Å². The van der Waals surface area contributed by atoms with Crippen LogP contribution in [0, 0.1) is 0 Å². The van der Waals surface area contributed by atoms with Crippen LogP contribution in [-0.4, -0.2) is 76.4 Å². The summed E-state index contributed by atoms with van der Waals surface area (Å²) in [5.41, 5.74) is 0. The molecule has 11 heteroatoms. The summed E-state index contributed by atoms with van der Waals surface area (Å²) in [4.78, 5) is 12.7. The normalized spacial score (nSPS) is 24.3. The number of nitrogens with one attached hydrogen (secondary N) is 1. The molecule has 0 radical (unpaired) electrons. The van der Waals surface area contributed by atoms with Gasteiger partial charge >= 0.3 is 0 Å². The van der Waals surface area contributed by atoms with Crippen LogP contribution in [0.2, 0.25) is 72.5 Å². The Bertz CT molecular complexity index is 941. The fourth-order valence-corrected chi connectivity index (χ4v) is 8.62. The van der Waals surface area contributed by atoms with Crippen LogP contribution in [0.5, 0.6) is 0 Å². The average molecular weight is 678 g/mol. The molecule has 1 aliphatic heterocycles. The lowest BCUT2D eigenvalue weighted by Crippen LogP contribution is -2.59. The van der Waals surface area contributed by atoms with Gasteiger partial charge in [-0.25, -0.2) is 0 Å². The van der Waals surface area contributed by atoms with Gasteiger partial charge in [0.1, 0.15) is 12.1 Å². The molecule has 1 N–H and O–H groups in total. The first kappa shape index (κ1) is 41.2. The Kier molecular flexibility index (Phi) is 12.8. The Morgan fingerprint density at radius 1 is 0.674 bits per heavy atom. The summed E-state index contributed by atoms with van der Waals surface area (Å²) in [5, 5.41) is 3.19. The lowest BCUT2D eigenvalue weighted by Gasteiger charge is -2.45. The van der Waals surface area contributed by atoms with Crippen molar-refractivity contribution in [2.75, 3.05) is 6.61 Å². The van der Waals surface area contributed by atoms with E-state index in [0.717, 1.165) is 0 Å². The zero-order valence-corrected chi connectivity index (χ0v) is 36.0. The predicted molar refractivity (Wildman–Crippen MR) is 192 cm³/mol. The Morgan fingerprint density at radius 2 is 1.07 bits per heavy atom. The van der Waals surface area contributed by atoms with Gasteiger partial charge in [0.15, 0.2) is 39.6 Å². The first-order valence-electron chi connectivity index (χ1n) is 16.3. The predicted octanol–water partition coefficient (Wildman–Crippen LogP) is 9.04. The molecule has 0 saturated carbocycles. The smallest absolute Gasteiger partial charge is 0.217 e. The highest BCUT2D eigenvalue weighted by Crippen LogP contribution is 2.45. The summed E-state index contributed by atoms with van der Waals surface area (Å²) in [7, 11) is -8.96. The fraction of sp³-hybridized carbons (Fsp3) is 0.969. The molecule has 0 spiro atoms. The van der Waals surface area contributed by atoms with Crippen molar-refractivity contribution in [3.63, 3.8) is 0 Å². The zero-order valence-electron chi connectivity index (χ0n) is 32.0. The summed E-state index contributed by atoms with van der Waals surface area (Å²) >= 11 is 0. The van der Waals surface area contributed by atoms with Crippen LogP contribution in [0.3, 0.4) is 0 Å². The van der Waals surface area contributed by atoms with Crippen molar-refractivity contribution in [1.29, 1.82) is 0 Å². The van der Waals surface area contributed by atoms with Crippen molar-refractivity contribution in [3.05, 3.63) is 0 Å². The van der Waals surface area contributed by atoms with Gasteiger partial charge in [0.25, 0.3) is 0 Å². The summed E-state index contributed by atoms with van der Waals surface area (Å²) in [6, 6.07) is -0.468. The quantitative estimate of drug-likeness (QED) is 0.220. The molecule has 7 nitrogen and oxygen atoms in total. The van der Waals surface area contributed by atoms with Crippen LogP contribution in [-0.2, 0) is 27.2 Å². The number of ether oxygens (including phenoxy) is 1. The van der Waals surface area contributed by atoms with Gasteiger partial charge in [0.2, 0.25) is 5.91 Å². The van der Waals surface area contributed by atoms with E-state index in [0.29, 0.717) is 6.61 Å². The molecule has 1 aliphatic rings. The highest BCUT2D eigenvalue weighted by Gasteiger charge is 2.57. The van der Waals surface area contributed by atoms with Crippen molar-refractivity contribution < 1.29 is 27.2 Å². The van der Waals surface area contributed by atoms with Crippen molar-refractivity contribution in [2.45, 2.75) is 193 Å². The van der Waals surface area contributed by atoms with E-state index in [1.54, 1.807) is 6.92 Å². The Hall–Kier alpha value is 0.138. The molecular formula is C32H71NO6Si4. The molecule has 5 atom stereocenters. The van der Waals surface area contributed by atoms with E-state index in [4.69, 9.17) is 22.4 Å². The molecule has 1 saturated heterocycles. The molecule has 1 heterocycles. The van der Waals surface area contributed by atoms with Gasteiger partial charge in [-0.3, -0.25) is 4.79 Å². The van der Waals surface area contributed by atoms with E-state index in [9.17, 15) is 4.79 Å². The van der Waals surface area contributed by atoms with E-state index >= 15 is 0 Å². The standard InChI is InChI=1S/C32H71NO6Si4/c1-23(34)33-25-27(38-42(18,19)31(8,9)10)26(36-28(25)39-43(20,21)32(11,12)13)24(37-41(16,17)30(5,6)7)22-35-40(14,15)29(2,3)4/h24-28H,22H2,1-21H3,(H,33,34)/t24-,25-,26+,27-,28+/m1/s1. The van der Waals surface area contributed by atoms with Crippen molar-refractivity contribution in [2.24, 2.45) is 0 Å². The lowest BCUT2D eigenvalue weighted by molar-refractivity contribution is -0.132. The Balaban J connectivity index is 3.84. The molecular weight excluding hydrogens is 607 g/mol. The molecule has 0 aromatic carbocycles. The van der Waals surface area contributed by atoms with Gasteiger partial charge in [0.05, 0.1) is 18.8 Å². The van der Waals surface area contributed by atoms with Gasteiger partial charge in [-0.05, 0) is 72.5 Å². The molecule has 43 heavy (non-hydrogen) atoms. The summed E-state index contributed by atoms with van der Waals surface area (Å²) in [5.74, 6) is -0.124. The lowest BCUT2D eigenvalue weighted by atomic mass is 10.0. The summed E-state index contributed by atoms with van der Waals surface area (Å²) in [6.07, 6.45) is -1.95. The average Bonchev–Trinajstić information content (AvgIpc) is 3.03. The summed E-state index contributed by atoms with van der Waals surface area (Å²) in [6.45, 7) is 47.0. The van der Waals surface area contributed by atoms with E-state index < -0.39 is 57.8 Å². The molecule has 1 fully saturated rings. The first-order chi connectivity index (χ1) is 18.7. The van der Waals surface area contributed by atoms with Crippen LogP contribution >= 0.6 is 0 Å². The molecule has 1 rings (SSSR count). The van der Waals surface area contributed by atoms with Crippen molar-refractivity contribution in [3.8, 4) is 0 Å². The largest absolute Gasteiger partial charge is 0.414 e. The first-order valence-corrected chi connectivity index (χ1v) is 27.9. The Labute approximate surface area is 270 Å². The van der Waals surface area contributed by atoms with Crippen molar-refractivity contribution in [1.82, 2.24) is 5.32 Å². The molecule has 0 bridgehead atoms. The number of rotatable bonds is 11. The highest BCUT2D eigenvalue weighted by molar-refractivity contribution is 6.75. The second-order valence-electron chi connectivity index (χ2n) is 18.9. The maximum Gasteiger partial charge on any atom is 0.217 e. The second kappa shape index (κ2) is 13.3. The molecule has 256 valence electrons. The summed E-state index contributed by atoms with van der Waals surface area (Å²) < 4.78 is 35.2. The molecule has 1 amide bonds. The van der Waals surface area contributed by atoms with Gasteiger partial charge in [-0.15, -0.1) is 0 Å². The fourth-order valence-electron chi connectivity index (χ4n) is 3.84. The Morgan fingerprint density at radius 3 is 1.44 bits per heavy atom. The van der Waals surface area contributed by atoms with Crippen LogP contribution in [0.1, 0.15) is 90.0 Å². The molecule has 0 aliphatic carbocycles. The molecule has 0 aromatic heterocycles. The van der Waals surface area contributed by atoms with Gasteiger partial charge in [-0.2, -0.15) is 0 Å². The van der Waals surface area contributed by atoms with Gasteiger partial charge in [0, 0.05) is 6.92 Å². The monoisotopic (exact) mass is 677 g/mol. The van der Waals surface area contributed by atoms with Crippen LogP contribution in [0.15, 0.2) is 0 Å².